The van der Waals surface area contributed by atoms with Crippen molar-refractivity contribution in [2.45, 2.75) is 72.0 Å². The van der Waals surface area contributed by atoms with Crippen LogP contribution in [0, 0.1) is 0 Å². The largest absolute Gasteiger partial charge is 0.347 e. The van der Waals surface area contributed by atoms with Gasteiger partial charge in [0.2, 0.25) is 5.91 Å². The minimum Gasteiger partial charge on any atom is -0.347 e. The van der Waals surface area contributed by atoms with Crippen LogP contribution in [0.4, 0.5) is 4.79 Å². The molecule has 0 spiro atoms. The van der Waals surface area contributed by atoms with Gasteiger partial charge in [0.15, 0.2) is 0 Å². The van der Waals surface area contributed by atoms with Crippen LogP contribution in [0.5, 0.6) is 0 Å². The highest BCUT2D eigenvalue weighted by Crippen LogP contribution is 2.26. The van der Waals surface area contributed by atoms with Gasteiger partial charge in [-0.25, -0.2) is 4.79 Å². The number of amides is 3. The van der Waals surface area contributed by atoms with Gasteiger partial charge in [0.05, 0.1) is 11.1 Å². The van der Waals surface area contributed by atoms with Crippen LogP contribution >= 0.6 is 0 Å². The van der Waals surface area contributed by atoms with Crippen LogP contribution in [0.3, 0.4) is 0 Å². The van der Waals surface area contributed by atoms with E-state index in [2.05, 4.69) is 16.0 Å². The number of benzene rings is 1. The number of nitrogens with one attached hydrogen (secondary N) is 3. The van der Waals surface area contributed by atoms with Crippen molar-refractivity contribution in [1.82, 2.24) is 16.0 Å². The van der Waals surface area contributed by atoms with E-state index in [0.717, 1.165) is 11.1 Å². The van der Waals surface area contributed by atoms with E-state index in [0.29, 0.717) is 6.42 Å². The minimum absolute atomic E-state index is 0.0131. The molecule has 0 saturated heterocycles. The highest BCUT2D eigenvalue weighted by atomic mass is 16.2. The van der Waals surface area contributed by atoms with Gasteiger partial charge in [-0.15, -0.1) is 0 Å². The summed E-state index contributed by atoms with van der Waals surface area (Å²) in [5.74, 6) is 0.0131. The van der Waals surface area contributed by atoms with Gasteiger partial charge in [-0.1, -0.05) is 31.2 Å². The third-order valence-corrected chi connectivity index (χ3v) is 3.92. The summed E-state index contributed by atoms with van der Waals surface area (Å²) < 4.78 is 0. The number of carbonyl (C=O) groups is 2. The molecule has 0 aliphatic heterocycles. The van der Waals surface area contributed by atoms with Crippen LogP contribution in [0.15, 0.2) is 24.3 Å². The van der Waals surface area contributed by atoms with Gasteiger partial charge in [0.25, 0.3) is 0 Å². The molecule has 0 radical (unpaired) electrons. The normalized spacial score (nSPS) is 12.0. The standard InChI is InChI=1S/C19H31N3O2/c1-8-16(23)21-18(4,5)14-10-9-11-15(12-14)19(6,7)22-17(24)20-13(2)3/h9-13H,8H2,1-7H3,(H,21,23)(H2,20,22,24). The smallest absolute Gasteiger partial charge is 0.315 e. The fraction of sp³-hybridized carbons (Fsp3) is 0.579. The second kappa shape index (κ2) is 7.69. The van der Waals surface area contributed by atoms with Crippen LogP contribution in [-0.4, -0.2) is 18.0 Å². The molecule has 1 rings (SSSR count). The van der Waals surface area contributed by atoms with Crippen LogP contribution < -0.4 is 16.0 Å². The second-order valence-electron chi connectivity index (χ2n) is 7.49. The maximum Gasteiger partial charge on any atom is 0.315 e. The van der Waals surface area contributed by atoms with E-state index in [1.807, 2.05) is 72.7 Å². The molecule has 0 unspecified atom stereocenters. The van der Waals surface area contributed by atoms with Crippen molar-refractivity contribution in [3.63, 3.8) is 0 Å². The first-order valence-electron chi connectivity index (χ1n) is 8.48. The Balaban J connectivity index is 3.02. The highest BCUT2D eigenvalue weighted by Gasteiger charge is 2.27. The Hall–Kier alpha value is -2.04. The highest BCUT2D eigenvalue weighted by molar-refractivity contribution is 5.76. The lowest BCUT2D eigenvalue weighted by Crippen LogP contribution is -2.48. The van der Waals surface area contributed by atoms with Crippen molar-refractivity contribution in [3.05, 3.63) is 35.4 Å². The predicted molar refractivity (Wildman–Crippen MR) is 97.7 cm³/mol. The second-order valence-corrected chi connectivity index (χ2v) is 7.49. The molecular weight excluding hydrogens is 302 g/mol. The molecule has 0 bridgehead atoms. The van der Waals surface area contributed by atoms with Gasteiger partial charge < -0.3 is 16.0 Å². The number of urea groups is 1. The molecule has 0 heterocycles. The maximum atomic E-state index is 12.0. The van der Waals surface area contributed by atoms with E-state index in [1.54, 1.807) is 0 Å². The third kappa shape index (κ3) is 5.55. The Morgan fingerprint density at radius 3 is 1.96 bits per heavy atom. The van der Waals surface area contributed by atoms with Crippen molar-refractivity contribution in [2.75, 3.05) is 0 Å². The summed E-state index contributed by atoms with van der Waals surface area (Å²) in [6, 6.07) is 7.84. The zero-order valence-electron chi connectivity index (χ0n) is 15.9. The van der Waals surface area contributed by atoms with Gasteiger partial charge in [-0.05, 0) is 52.7 Å². The van der Waals surface area contributed by atoms with Crippen LogP contribution in [0.2, 0.25) is 0 Å². The zero-order chi connectivity index (χ0) is 18.5. The minimum atomic E-state index is -0.528. The SMILES string of the molecule is CCC(=O)NC(C)(C)c1cccc(C(C)(C)NC(=O)NC(C)C)c1. The van der Waals surface area contributed by atoms with E-state index < -0.39 is 11.1 Å². The van der Waals surface area contributed by atoms with Gasteiger partial charge in [-0.3, -0.25) is 4.79 Å². The monoisotopic (exact) mass is 333 g/mol. The maximum absolute atomic E-state index is 12.0. The summed E-state index contributed by atoms with van der Waals surface area (Å²) in [6.45, 7) is 13.6. The Morgan fingerprint density at radius 1 is 1.00 bits per heavy atom. The molecule has 1 aromatic carbocycles. The van der Waals surface area contributed by atoms with Crippen molar-refractivity contribution in [2.24, 2.45) is 0 Å². The Morgan fingerprint density at radius 2 is 1.50 bits per heavy atom. The average molecular weight is 333 g/mol. The van der Waals surface area contributed by atoms with Crippen LogP contribution in [-0.2, 0) is 15.9 Å². The molecule has 0 aliphatic carbocycles. The fourth-order valence-corrected chi connectivity index (χ4v) is 2.46. The van der Waals surface area contributed by atoms with E-state index >= 15 is 0 Å². The molecular formula is C19H31N3O2. The van der Waals surface area contributed by atoms with E-state index in [9.17, 15) is 9.59 Å². The number of rotatable bonds is 6. The molecule has 24 heavy (non-hydrogen) atoms. The summed E-state index contributed by atoms with van der Waals surface area (Å²) in [6.07, 6.45) is 0.450. The Kier molecular flexibility index (Phi) is 6.41. The lowest BCUT2D eigenvalue weighted by Gasteiger charge is -2.31. The molecule has 1 aromatic rings. The van der Waals surface area contributed by atoms with Gasteiger partial charge in [-0.2, -0.15) is 0 Å². The first kappa shape index (κ1) is 20.0. The van der Waals surface area contributed by atoms with Gasteiger partial charge in [0.1, 0.15) is 0 Å². The van der Waals surface area contributed by atoms with Crippen molar-refractivity contribution < 1.29 is 9.59 Å². The molecule has 0 aliphatic rings. The van der Waals surface area contributed by atoms with Gasteiger partial charge in [0, 0.05) is 12.5 Å². The zero-order valence-corrected chi connectivity index (χ0v) is 15.9. The fourth-order valence-electron chi connectivity index (χ4n) is 2.46. The summed E-state index contributed by atoms with van der Waals surface area (Å²) in [7, 11) is 0. The molecule has 5 heteroatoms. The predicted octanol–water partition coefficient (Wildman–Crippen LogP) is 3.39. The number of carbonyl (C=O) groups excluding carboxylic acids is 2. The molecule has 0 aromatic heterocycles. The van der Waals surface area contributed by atoms with Crippen molar-refractivity contribution >= 4 is 11.9 Å². The molecule has 3 amide bonds. The number of hydrogen-bond donors (Lipinski definition) is 3. The molecule has 0 atom stereocenters. The summed E-state index contributed by atoms with van der Waals surface area (Å²) in [5.41, 5.74) is 0.984. The van der Waals surface area contributed by atoms with Crippen LogP contribution in [0.1, 0.15) is 66.0 Å². The molecule has 5 nitrogen and oxygen atoms in total. The van der Waals surface area contributed by atoms with E-state index in [-0.39, 0.29) is 18.0 Å². The van der Waals surface area contributed by atoms with Crippen molar-refractivity contribution in [3.8, 4) is 0 Å². The quantitative estimate of drug-likeness (QED) is 0.747. The third-order valence-electron chi connectivity index (χ3n) is 3.92. The van der Waals surface area contributed by atoms with Crippen molar-refractivity contribution in [1.29, 1.82) is 0 Å². The lowest BCUT2D eigenvalue weighted by atomic mass is 9.87. The summed E-state index contributed by atoms with van der Waals surface area (Å²) >= 11 is 0. The first-order chi connectivity index (χ1) is 11.0. The molecule has 3 N–H and O–H groups in total. The molecule has 0 saturated carbocycles. The Bertz CT molecular complexity index is 592. The summed E-state index contributed by atoms with van der Waals surface area (Å²) in [5, 5.41) is 8.87. The average Bonchev–Trinajstić information content (AvgIpc) is 2.45. The topological polar surface area (TPSA) is 70.2 Å². The lowest BCUT2D eigenvalue weighted by molar-refractivity contribution is -0.122. The molecule has 0 fully saturated rings. The van der Waals surface area contributed by atoms with Crippen LogP contribution in [0.25, 0.3) is 0 Å². The Labute approximate surface area is 145 Å². The van der Waals surface area contributed by atoms with E-state index in [4.69, 9.17) is 0 Å². The molecule has 134 valence electrons. The van der Waals surface area contributed by atoms with Gasteiger partial charge >= 0.3 is 6.03 Å². The van der Waals surface area contributed by atoms with E-state index in [1.165, 1.54) is 0 Å². The summed E-state index contributed by atoms with van der Waals surface area (Å²) in [4.78, 5) is 23.8. The first-order valence-corrected chi connectivity index (χ1v) is 8.48. The number of hydrogen-bond acceptors (Lipinski definition) is 2.